The minimum absolute atomic E-state index is 0.0319. The van der Waals surface area contributed by atoms with Gasteiger partial charge in [0.25, 0.3) is 5.91 Å². The van der Waals surface area contributed by atoms with Crippen molar-refractivity contribution in [1.82, 2.24) is 19.9 Å². The van der Waals surface area contributed by atoms with Gasteiger partial charge in [-0.2, -0.15) is 13.2 Å². The van der Waals surface area contributed by atoms with Crippen molar-refractivity contribution >= 4 is 23.9 Å². The summed E-state index contributed by atoms with van der Waals surface area (Å²) in [7, 11) is 0. The van der Waals surface area contributed by atoms with Crippen molar-refractivity contribution in [3.63, 3.8) is 0 Å². The molecule has 35 heavy (non-hydrogen) atoms. The number of aromatic nitrogens is 3. The van der Waals surface area contributed by atoms with Gasteiger partial charge >= 0.3 is 6.18 Å². The quantitative estimate of drug-likeness (QED) is 0.329. The summed E-state index contributed by atoms with van der Waals surface area (Å²) in [6.45, 7) is 0.846. The van der Waals surface area contributed by atoms with Crippen LogP contribution in [0, 0.1) is 10.8 Å². The molecule has 0 bridgehead atoms. The first-order valence-electron chi connectivity index (χ1n) is 10.8. The van der Waals surface area contributed by atoms with E-state index in [2.05, 4.69) is 20.3 Å². The Morgan fingerprint density at radius 2 is 1.91 bits per heavy atom. The van der Waals surface area contributed by atoms with Crippen LogP contribution >= 0.6 is 0 Å². The SMILES string of the molecule is CC(N(C=N)C(=N)c1cccc(NC(=O)c2cc(-c3ccc(C4CC4)nc3)ccn2)n1)C(F)(F)F. The Morgan fingerprint density at radius 1 is 1.14 bits per heavy atom. The van der Waals surface area contributed by atoms with E-state index >= 15 is 0 Å². The number of alkyl halides is 3. The van der Waals surface area contributed by atoms with Crippen LogP contribution in [0.3, 0.4) is 0 Å². The number of anilines is 1. The highest BCUT2D eigenvalue weighted by Crippen LogP contribution is 2.39. The van der Waals surface area contributed by atoms with E-state index in [-0.39, 0.29) is 17.2 Å². The fourth-order valence-electron chi connectivity index (χ4n) is 3.41. The van der Waals surface area contributed by atoms with Gasteiger partial charge in [0.2, 0.25) is 0 Å². The molecule has 1 unspecified atom stereocenters. The summed E-state index contributed by atoms with van der Waals surface area (Å²) in [5.41, 5.74) is 2.63. The van der Waals surface area contributed by atoms with E-state index in [1.165, 1.54) is 24.4 Å². The van der Waals surface area contributed by atoms with Crippen LogP contribution in [0.15, 0.2) is 54.9 Å². The first-order valence-corrected chi connectivity index (χ1v) is 10.8. The van der Waals surface area contributed by atoms with Gasteiger partial charge < -0.3 is 10.2 Å². The Labute approximate surface area is 199 Å². The summed E-state index contributed by atoms with van der Waals surface area (Å²) in [5, 5.41) is 18.0. The van der Waals surface area contributed by atoms with E-state index in [0.29, 0.717) is 17.2 Å². The van der Waals surface area contributed by atoms with Crippen LogP contribution in [-0.4, -0.2) is 50.2 Å². The molecule has 4 rings (SSSR count). The molecule has 3 aromatic rings. The predicted octanol–water partition coefficient (Wildman–Crippen LogP) is 4.85. The lowest BCUT2D eigenvalue weighted by Crippen LogP contribution is -2.46. The predicted molar refractivity (Wildman–Crippen MR) is 125 cm³/mol. The minimum Gasteiger partial charge on any atom is -0.305 e. The molecule has 3 heterocycles. The molecule has 3 N–H and O–H groups in total. The largest absolute Gasteiger partial charge is 0.408 e. The summed E-state index contributed by atoms with van der Waals surface area (Å²) in [6.07, 6.45) is 1.36. The molecular formula is C24H22F3N7O. The van der Waals surface area contributed by atoms with Crippen molar-refractivity contribution in [2.75, 3.05) is 5.32 Å². The highest BCUT2D eigenvalue weighted by Gasteiger charge is 2.41. The van der Waals surface area contributed by atoms with E-state index in [1.807, 2.05) is 12.1 Å². The third-order valence-corrected chi connectivity index (χ3v) is 5.63. The number of rotatable bonds is 7. The summed E-state index contributed by atoms with van der Waals surface area (Å²) >= 11 is 0. The van der Waals surface area contributed by atoms with Crippen molar-refractivity contribution in [2.45, 2.75) is 37.9 Å². The monoisotopic (exact) mass is 481 g/mol. The molecule has 3 aromatic heterocycles. The molecule has 0 radical (unpaired) electrons. The van der Waals surface area contributed by atoms with E-state index in [0.717, 1.165) is 36.6 Å². The Morgan fingerprint density at radius 3 is 2.54 bits per heavy atom. The summed E-state index contributed by atoms with van der Waals surface area (Å²) in [6, 6.07) is 9.43. The van der Waals surface area contributed by atoms with E-state index in [4.69, 9.17) is 10.8 Å². The van der Waals surface area contributed by atoms with Gasteiger partial charge in [0, 0.05) is 29.6 Å². The third kappa shape index (κ3) is 5.51. The Hall–Kier alpha value is -4.15. The number of carbonyl (C=O) groups is 1. The summed E-state index contributed by atoms with van der Waals surface area (Å²) in [5.74, 6) is -0.624. The molecule has 8 nitrogen and oxygen atoms in total. The third-order valence-electron chi connectivity index (χ3n) is 5.63. The minimum atomic E-state index is -4.64. The normalized spacial score (nSPS) is 14.2. The standard InChI is InChI=1S/C24H22F3N7O/c1-14(24(25,26)27)34(13-28)22(29)19-3-2-4-21(32-19)33-23(35)20-11-16(9-10-30-20)17-7-8-18(31-12-17)15-5-6-15/h2-4,7-15,28-29H,5-6H2,1H3,(H,32,33,35). The number of nitrogens with one attached hydrogen (secondary N) is 3. The van der Waals surface area contributed by atoms with E-state index in [1.54, 1.807) is 18.3 Å². The summed E-state index contributed by atoms with van der Waals surface area (Å²) < 4.78 is 39.3. The maximum atomic E-state index is 13.1. The number of nitrogens with zero attached hydrogens (tertiary/aromatic N) is 4. The second-order valence-corrected chi connectivity index (χ2v) is 8.14. The van der Waals surface area contributed by atoms with Crippen molar-refractivity contribution < 1.29 is 18.0 Å². The average Bonchev–Trinajstić information content (AvgIpc) is 3.70. The number of hydrogen-bond donors (Lipinski definition) is 3. The topological polar surface area (TPSA) is 119 Å². The molecule has 1 aliphatic carbocycles. The van der Waals surface area contributed by atoms with Crippen molar-refractivity contribution in [3.05, 3.63) is 71.9 Å². The molecule has 1 amide bonds. The molecule has 11 heteroatoms. The lowest BCUT2D eigenvalue weighted by atomic mass is 10.1. The average molecular weight is 481 g/mol. The zero-order chi connectivity index (χ0) is 25.2. The molecule has 180 valence electrons. The zero-order valence-electron chi connectivity index (χ0n) is 18.7. The van der Waals surface area contributed by atoms with Crippen molar-refractivity contribution in [1.29, 1.82) is 10.8 Å². The van der Waals surface area contributed by atoms with Crippen LogP contribution in [0.4, 0.5) is 19.0 Å². The smallest absolute Gasteiger partial charge is 0.305 e. The highest BCUT2D eigenvalue weighted by atomic mass is 19.4. The van der Waals surface area contributed by atoms with Gasteiger partial charge in [-0.1, -0.05) is 12.1 Å². The van der Waals surface area contributed by atoms with Crippen LogP contribution in [0.2, 0.25) is 0 Å². The van der Waals surface area contributed by atoms with Crippen LogP contribution in [0.25, 0.3) is 11.1 Å². The van der Waals surface area contributed by atoms with Gasteiger partial charge in [0.15, 0.2) is 5.84 Å². The van der Waals surface area contributed by atoms with Crippen LogP contribution in [0.1, 0.15) is 47.6 Å². The Kier molecular flexibility index (Phi) is 6.59. The van der Waals surface area contributed by atoms with Gasteiger partial charge in [0.05, 0.1) is 6.34 Å². The van der Waals surface area contributed by atoms with E-state index in [9.17, 15) is 18.0 Å². The number of hydrogen-bond acceptors (Lipinski definition) is 6. The second-order valence-electron chi connectivity index (χ2n) is 8.14. The summed E-state index contributed by atoms with van der Waals surface area (Å²) in [4.78, 5) is 25.9. The van der Waals surface area contributed by atoms with Gasteiger partial charge in [-0.05, 0) is 55.7 Å². The van der Waals surface area contributed by atoms with Gasteiger partial charge in [0.1, 0.15) is 23.2 Å². The number of amidine groups is 1. The van der Waals surface area contributed by atoms with Crippen molar-refractivity contribution in [3.8, 4) is 11.1 Å². The fraction of sp³-hybridized carbons (Fsp3) is 0.250. The van der Waals surface area contributed by atoms with Crippen LogP contribution in [-0.2, 0) is 0 Å². The van der Waals surface area contributed by atoms with Crippen molar-refractivity contribution in [2.24, 2.45) is 0 Å². The molecule has 0 saturated heterocycles. The number of pyridine rings is 3. The zero-order valence-corrected chi connectivity index (χ0v) is 18.7. The molecule has 1 atom stereocenters. The number of amides is 1. The first-order chi connectivity index (χ1) is 16.7. The van der Waals surface area contributed by atoms with Gasteiger partial charge in [-0.25, -0.2) is 4.98 Å². The number of carbonyl (C=O) groups excluding carboxylic acids is 1. The van der Waals surface area contributed by atoms with E-state index < -0.39 is 24.0 Å². The lowest BCUT2D eigenvalue weighted by molar-refractivity contribution is -0.160. The van der Waals surface area contributed by atoms with Crippen LogP contribution in [0.5, 0.6) is 0 Å². The van der Waals surface area contributed by atoms with Gasteiger partial charge in [-0.3, -0.25) is 25.6 Å². The Bertz CT molecular complexity index is 1260. The molecule has 1 saturated carbocycles. The molecule has 0 aromatic carbocycles. The molecule has 1 aliphatic rings. The lowest BCUT2D eigenvalue weighted by Gasteiger charge is -2.28. The van der Waals surface area contributed by atoms with Gasteiger partial charge in [-0.15, -0.1) is 0 Å². The molecule has 0 aliphatic heterocycles. The molecule has 0 spiro atoms. The van der Waals surface area contributed by atoms with Crippen LogP contribution < -0.4 is 5.32 Å². The second kappa shape index (κ2) is 9.61. The fourth-order valence-corrected chi connectivity index (χ4v) is 3.41. The Balaban J connectivity index is 1.49. The molecule has 1 fully saturated rings. The maximum Gasteiger partial charge on any atom is 0.408 e. The molecular weight excluding hydrogens is 459 g/mol. The highest BCUT2D eigenvalue weighted by molar-refractivity contribution is 6.04. The first kappa shape index (κ1) is 24.0. The number of halogens is 3. The maximum absolute atomic E-state index is 13.1.